The van der Waals surface area contributed by atoms with Crippen LogP contribution in [0.4, 0.5) is 0 Å². The Morgan fingerprint density at radius 2 is 0.732 bits per heavy atom. The third-order valence-corrected chi connectivity index (χ3v) is 11.4. The van der Waals surface area contributed by atoms with Crippen LogP contribution in [-0.4, -0.2) is 9.13 Å². The predicted octanol–water partition coefficient (Wildman–Crippen LogP) is 13.1. The summed E-state index contributed by atoms with van der Waals surface area (Å²) in [5.41, 5.74) is 12.9. The van der Waals surface area contributed by atoms with Gasteiger partial charge in [0.25, 0.3) is 0 Å². The van der Waals surface area contributed by atoms with E-state index in [1.165, 1.54) is 21.8 Å². The number of fused-ring (bicyclic) bond motifs is 12. The van der Waals surface area contributed by atoms with Crippen molar-refractivity contribution in [2.75, 3.05) is 0 Å². The molecule has 6 nitrogen and oxygen atoms in total. The van der Waals surface area contributed by atoms with Crippen molar-refractivity contribution < 1.29 is 8.83 Å². The van der Waals surface area contributed by atoms with Crippen molar-refractivity contribution >= 4 is 87.5 Å². The first kappa shape index (κ1) is 30.4. The van der Waals surface area contributed by atoms with E-state index < -0.39 is 0 Å². The van der Waals surface area contributed by atoms with Gasteiger partial charge in [-0.25, -0.2) is 0 Å². The van der Waals surface area contributed by atoms with Gasteiger partial charge in [0.1, 0.15) is 22.3 Å². The van der Waals surface area contributed by atoms with Crippen molar-refractivity contribution in [3.05, 3.63) is 169 Å². The van der Waals surface area contributed by atoms with Crippen LogP contribution >= 0.6 is 0 Å². The largest absolute Gasteiger partial charge is 0.456 e. The average molecular weight is 715 g/mol. The van der Waals surface area contributed by atoms with Crippen LogP contribution < -0.4 is 0 Å². The van der Waals surface area contributed by atoms with E-state index in [-0.39, 0.29) is 0 Å². The van der Waals surface area contributed by atoms with Crippen molar-refractivity contribution in [2.45, 2.75) is 0 Å². The Labute approximate surface area is 318 Å². The van der Waals surface area contributed by atoms with E-state index in [0.717, 1.165) is 88.2 Å². The third kappa shape index (κ3) is 4.24. The maximum absolute atomic E-state index is 9.67. The lowest BCUT2D eigenvalue weighted by atomic mass is 10.0. The Balaban J connectivity index is 1.01. The maximum atomic E-state index is 9.67. The van der Waals surface area contributed by atoms with Gasteiger partial charge in [0.15, 0.2) is 0 Å². The molecule has 0 saturated carbocycles. The van der Waals surface area contributed by atoms with Gasteiger partial charge in [0.05, 0.1) is 45.3 Å². The molecule has 0 atom stereocenters. The number of rotatable bonds is 3. The fourth-order valence-corrected chi connectivity index (χ4v) is 8.81. The smallest absolute Gasteiger partial charge is 0.135 e. The summed E-state index contributed by atoms with van der Waals surface area (Å²) in [7, 11) is 0. The fraction of sp³-hybridized carbons (Fsp3) is 0. The lowest BCUT2D eigenvalue weighted by Crippen LogP contribution is -1.93. The van der Waals surface area contributed by atoms with Crippen molar-refractivity contribution in [1.82, 2.24) is 9.13 Å². The molecule has 0 amide bonds. The van der Waals surface area contributed by atoms with E-state index >= 15 is 0 Å². The van der Waals surface area contributed by atoms with Crippen molar-refractivity contribution in [3.63, 3.8) is 0 Å². The van der Waals surface area contributed by atoms with Gasteiger partial charge >= 0.3 is 0 Å². The number of hydrogen-bond acceptors (Lipinski definition) is 4. The minimum Gasteiger partial charge on any atom is -0.456 e. The second kappa shape index (κ2) is 11.2. The van der Waals surface area contributed by atoms with E-state index in [2.05, 4.69) is 137 Å². The highest BCUT2D eigenvalue weighted by Crippen LogP contribution is 2.40. The summed E-state index contributed by atoms with van der Waals surface area (Å²) >= 11 is 0. The summed E-state index contributed by atoms with van der Waals surface area (Å²) < 4.78 is 17.3. The van der Waals surface area contributed by atoms with Crippen LogP contribution in [0.25, 0.3) is 110 Å². The molecule has 56 heavy (non-hydrogen) atoms. The molecular formula is C50H26N4O2. The Kier molecular flexibility index (Phi) is 6.10. The molecule has 258 valence electrons. The molecule has 12 rings (SSSR count). The van der Waals surface area contributed by atoms with Crippen LogP contribution in [0.3, 0.4) is 0 Å². The molecule has 0 saturated heterocycles. The number of nitrogens with zero attached hydrogens (tertiary/aromatic N) is 4. The van der Waals surface area contributed by atoms with Crippen LogP contribution in [0.15, 0.2) is 167 Å². The number of benzene rings is 8. The van der Waals surface area contributed by atoms with Crippen molar-refractivity contribution in [1.29, 1.82) is 10.5 Å². The molecule has 4 heterocycles. The zero-order valence-electron chi connectivity index (χ0n) is 29.6. The average Bonchev–Trinajstić information content (AvgIpc) is 3.99. The zero-order chi connectivity index (χ0) is 37.1. The number of para-hydroxylation sites is 2. The van der Waals surface area contributed by atoms with E-state index in [1.807, 2.05) is 42.5 Å². The number of nitriles is 2. The molecule has 4 aromatic heterocycles. The Morgan fingerprint density at radius 1 is 0.339 bits per heavy atom. The Hall–Kier alpha value is -8.06. The summed E-state index contributed by atoms with van der Waals surface area (Å²) in [4.78, 5) is 0. The second-order valence-electron chi connectivity index (χ2n) is 14.4. The molecule has 8 aromatic carbocycles. The highest BCUT2D eigenvalue weighted by Gasteiger charge is 2.18. The van der Waals surface area contributed by atoms with E-state index in [4.69, 9.17) is 8.83 Å². The standard InChI is InChI=1S/C50H26N4O2/c51-27-29-9-15-45-37(21-29)38-22-30(28-52)10-16-46(38)54(45)34-14-20-50-42(26-34)40-24-32(12-18-48(40)56-50)31-11-17-47-39(23-31)41-25-33(13-19-49(41)55-47)53-43-7-3-1-5-35(43)36-6-2-4-8-44(36)53/h1-26H. The molecule has 0 bridgehead atoms. The molecule has 0 N–H and O–H groups in total. The minimum absolute atomic E-state index is 0.577. The summed E-state index contributed by atoms with van der Waals surface area (Å²) in [6, 6.07) is 58.6. The molecule has 0 unspecified atom stereocenters. The van der Waals surface area contributed by atoms with Gasteiger partial charge in [0.2, 0.25) is 0 Å². The van der Waals surface area contributed by atoms with Crippen molar-refractivity contribution in [2.24, 2.45) is 0 Å². The Bertz CT molecular complexity index is 3620. The first-order valence-corrected chi connectivity index (χ1v) is 18.4. The van der Waals surface area contributed by atoms with Gasteiger partial charge < -0.3 is 18.0 Å². The van der Waals surface area contributed by atoms with E-state index in [0.29, 0.717) is 11.1 Å². The summed E-state index contributed by atoms with van der Waals surface area (Å²) in [6.45, 7) is 0. The van der Waals surface area contributed by atoms with Gasteiger partial charge in [0, 0.05) is 54.5 Å². The summed E-state index contributed by atoms with van der Waals surface area (Å²) in [6.07, 6.45) is 0. The topological polar surface area (TPSA) is 83.7 Å². The second-order valence-corrected chi connectivity index (χ2v) is 14.4. The zero-order valence-corrected chi connectivity index (χ0v) is 29.6. The van der Waals surface area contributed by atoms with Crippen LogP contribution in [-0.2, 0) is 0 Å². The first-order valence-electron chi connectivity index (χ1n) is 18.4. The maximum Gasteiger partial charge on any atom is 0.135 e. The van der Waals surface area contributed by atoms with Crippen molar-refractivity contribution in [3.8, 4) is 34.6 Å². The van der Waals surface area contributed by atoms with Gasteiger partial charge in [-0.2, -0.15) is 10.5 Å². The Morgan fingerprint density at radius 3 is 1.18 bits per heavy atom. The highest BCUT2D eigenvalue weighted by atomic mass is 16.3. The number of aromatic nitrogens is 2. The van der Waals surface area contributed by atoms with Crippen LogP contribution in [0.5, 0.6) is 0 Å². The molecule has 0 radical (unpaired) electrons. The van der Waals surface area contributed by atoms with E-state index in [9.17, 15) is 10.5 Å². The fourth-order valence-electron chi connectivity index (χ4n) is 8.81. The SMILES string of the molecule is N#Cc1ccc2c(c1)c1cc(C#N)ccc1n2-c1ccc2oc3ccc(-c4ccc5oc6ccc(-n7c8ccccc8c8ccccc87)cc6c5c4)cc3c2c1. The molecule has 0 aliphatic carbocycles. The van der Waals surface area contributed by atoms with Crippen LogP contribution in [0, 0.1) is 22.7 Å². The number of hydrogen-bond donors (Lipinski definition) is 0. The predicted molar refractivity (Wildman–Crippen MR) is 225 cm³/mol. The molecular weight excluding hydrogens is 689 g/mol. The number of furan rings is 2. The molecule has 12 aromatic rings. The van der Waals surface area contributed by atoms with Gasteiger partial charge in [-0.1, -0.05) is 48.5 Å². The molecule has 0 fully saturated rings. The molecule has 0 spiro atoms. The molecule has 0 aliphatic rings. The van der Waals surface area contributed by atoms with Crippen LogP contribution in [0.1, 0.15) is 11.1 Å². The summed E-state index contributed by atoms with van der Waals surface area (Å²) in [5, 5.41) is 27.8. The quantitative estimate of drug-likeness (QED) is 0.182. The first-order chi connectivity index (χ1) is 27.6. The molecule has 0 aliphatic heterocycles. The van der Waals surface area contributed by atoms with Gasteiger partial charge in [-0.05, 0) is 120 Å². The summed E-state index contributed by atoms with van der Waals surface area (Å²) in [5.74, 6) is 0. The lowest BCUT2D eigenvalue weighted by molar-refractivity contribution is 0.668. The lowest BCUT2D eigenvalue weighted by Gasteiger charge is -2.08. The molecule has 6 heteroatoms. The normalized spacial score (nSPS) is 11.9. The van der Waals surface area contributed by atoms with E-state index in [1.54, 1.807) is 0 Å². The highest BCUT2D eigenvalue weighted by molar-refractivity contribution is 6.13. The minimum atomic E-state index is 0.577. The van der Waals surface area contributed by atoms with Gasteiger partial charge in [-0.15, -0.1) is 0 Å². The monoisotopic (exact) mass is 714 g/mol. The third-order valence-electron chi connectivity index (χ3n) is 11.4. The van der Waals surface area contributed by atoms with Crippen LogP contribution in [0.2, 0.25) is 0 Å². The van der Waals surface area contributed by atoms with Gasteiger partial charge in [-0.3, -0.25) is 0 Å².